The highest BCUT2D eigenvalue weighted by Crippen LogP contribution is 2.12. The number of esters is 1. The van der Waals surface area contributed by atoms with Gasteiger partial charge in [0.25, 0.3) is 5.91 Å². The summed E-state index contributed by atoms with van der Waals surface area (Å²) in [6.07, 6.45) is 0.0506. The summed E-state index contributed by atoms with van der Waals surface area (Å²) in [5.74, 6) is -1.07. The molecular weight excluding hydrogens is 302 g/mol. The number of rotatable bonds is 7. The van der Waals surface area contributed by atoms with Crippen LogP contribution in [0, 0.1) is 0 Å². The lowest BCUT2D eigenvalue weighted by Crippen LogP contribution is -2.21. The molecule has 0 atom stereocenters. The van der Waals surface area contributed by atoms with E-state index in [1.165, 1.54) is 11.3 Å². The summed E-state index contributed by atoms with van der Waals surface area (Å²) in [6.45, 7) is -0.360. The zero-order valence-electron chi connectivity index (χ0n) is 11.8. The molecule has 2 aromatic rings. The monoisotopic (exact) mass is 317 g/mol. The first-order chi connectivity index (χ1) is 10.6. The number of ketones is 1. The van der Waals surface area contributed by atoms with Gasteiger partial charge in [0.05, 0.1) is 11.3 Å². The van der Waals surface area contributed by atoms with E-state index in [0.29, 0.717) is 10.6 Å². The summed E-state index contributed by atoms with van der Waals surface area (Å²) in [4.78, 5) is 35.4. The Balaban J connectivity index is 1.67. The minimum atomic E-state index is -0.562. The summed E-state index contributed by atoms with van der Waals surface area (Å²) in [5, 5.41) is 4.41. The van der Waals surface area contributed by atoms with Crippen LogP contribution >= 0.6 is 11.3 Å². The maximum absolute atomic E-state index is 11.7. The van der Waals surface area contributed by atoms with Crippen LogP contribution in [0.5, 0.6) is 0 Å². The molecule has 0 aliphatic rings. The third-order valence-corrected chi connectivity index (χ3v) is 3.68. The summed E-state index contributed by atoms with van der Waals surface area (Å²) in [6, 6.07) is 12.4. The lowest BCUT2D eigenvalue weighted by molar-refractivity contribution is -0.147. The number of hydrogen-bond acceptors (Lipinski definition) is 5. The number of carbonyl (C=O) groups excluding carboxylic acids is 3. The van der Waals surface area contributed by atoms with Crippen molar-refractivity contribution in [2.75, 3.05) is 11.9 Å². The predicted molar refractivity (Wildman–Crippen MR) is 83.9 cm³/mol. The minimum absolute atomic E-state index is 0.0324. The van der Waals surface area contributed by atoms with Gasteiger partial charge in [0, 0.05) is 12.1 Å². The van der Waals surface area contributed by atoms with Gasteiger partial charge in [0.1, 0.15) is 0 Å². The van der Waals surface area contributed by atoms with Crippen LogP contribution in [0.1, 0.15) is 22.5 Å². The van der Waals surface area contributed by atoms with Crippen molar-refractivity contribution in [1.82, 2.24) is 0 Å². The SMILES string of the molecule is O=C(COC(=O)CCC(=O)c1cccs1)Nc1ccccc1. The Labute approximate surface area is 131 Å². The van der Waals surface area contributed by atoms with Gasteiger partial charge in [-0.3, -0.25) is 14.4 Å². The van der Waals surface area contributed by atoms with Crippen molar-refractivity contribution in [1.29, 1.82) is 0 Å². The lowest BCUT2D eigenvalue weighted by atomic mass is 10.2. The Kier molecular flexibility index (Phi) is 5.85. The van der Waals surface area contributed by atoms with Crippen LogP contribution < -0.4 is 5.32 Å². The standard InChI is InChI=1S/C16H15NO4S/c18-13(14-7-4-10-22-14)8-9-16(20)21-11-15(19)17-12-5-2-1-3-6-12/h1-7,10H,8-9,11H2,(H,17,19). The molecule has 1 amide bonds. The number of Topliss-reactive ketones (excluding diaryl/α,β-unsaturated/α-hetero) is 1. The number of ether oxygens (including phenoxy) is 1. The highest BCUT2D eigenvalue weighted by molar-refractivity contribution is 7.12. The first-order valence-corrected chi connectivity index (χ1v) is 7.60. The van der Waals surface area contributed by atoms with Crippen LogP contribution in [0.2, 0.25) is 0 Å². The average Bonchev–Trinajstić information content (AvgIpc) is 3.06. The van der Waals surface area contributed by atoms with Gasteiger partial charge in [0.2, 0.25) is 0 Å². The minimum Gasteiger partial charge on any atom is -0.456 e. The molecule has 5 nitrogen and oxygen atoms in total. The third-order valence-electron chi connectivity index (χ3n) is 2.77. The Hall–Kier alpha value is -2.47. The number of anilines is 1. The van der Waals surface area contributed by atoms with Crippen molar-refractivity contribution in [2.24, 2.45) is 0 Å². The quantitative estimate of drug-likeness (QED) is 0.629. The Morgan fingerprint density at radius 2 is 1.77 bits per heavy atom. The van der Waals surface area contributed by atoms with E-state index in [1.807, 2.05) is 6.07 Å². The molecule has 2 rings (SSSR count). The summed E-state index contributed by atoms with van der Waals surface area (Å²) >= 11 is 1.34. The number of nitrogens with one attached hydrogen (secondary N) is 1. The van der Waals surface area contributed by atoms with Gasteiger partial charge in [-0.2, -0.15) is 0 Å². The van der Waals surface area contributed by atoms with Crippen molar-refractivity contribution in [3.05, 3.63) is 52.7 Å². The van der Waals surface area contributed by atoms with Crippen molar-refractivity contribution < 1.29 is 19.1 Å². The molecule has 1 heterocycles. The zero-order chi connectivity index (χ0) is 15.8. The third kappa shape index (κ3) is 5.14. The summed E-state index contributed by atoms with van der Waals surface area (Å²) in [5.41, 5.74) is 0.636. The van der Waals surface area contributed by atoms with Crippen molar-refractivity contribution in [3.63, 3.8) is 0 Å². The van der Waals surface area contributed by atoms with Gasteiger partial charge in [0.15, 0.2) is 12.4 Å². The second kappa shape index (κ2) is 8.09. The molecule has 0 fully saturated rings. The Morgan fingerprint density at radius 1 is 1.00 bits per heavy atom. The molecule has 6 heteroatoms. The number of carbonyl (C=O) groups is 3. The van der Waals surface area contributed by atoms with Gasteiger partial charge >= 0.3 is 5.97 Å². The van der Waals surface area contributed by atoms with E-state index >= 15 is 0 Å². The normalized spacial score (nSPS) is 10.0. The Morgan fingerprint density at radius 3 is 2.45 bits per heavy atom. The molecule has 1 N–H and O–H groups in total. The van der Waals surface area contributed by atoms with E-state index in [1.54, 1.807) is 41.8 Å². The number of hydrogen-bond donors (Lipinski definition) is 1. The maximum atomic E-state index is 11.7. The number of para-hydroxylation sites is 1. The largest absolute Gasteiger partial charge is 0.456 e. The predicted octanol–water partition coefficient (Wildman–Crippen LogP) is 2.89. The van der Waals surface area contributed by atoms with Gasteiger partial charge < -0.3 is 10.1 Å². The van der Waals surface area contributed by atoms with Crippen molar-refractivity contribution in [2.45, 2.75) is 12.8 Å². The van der Waals surface area contributed by atoms with E-state index in [2.05, 4.69) is 5.32 Å². The highest BCUT2D eigenvalue weighted by Gasteiger charge is 2.12. The van der Waals surface area contributed by atoms with Gasteiger partial charge in [-0.1, -0.05) is 24.3 Å². The number of benzene rings is 1. The summed E-state index contributed by atoms with van der Waals surface area (Å²) < 4.78 is 4.84. The average molecular weight is 317 g/mol. The van der Waals surface area contributed by atoms with E-state index in [-0.39, 0.29) is 25.2 Å². The van der Waals surface area contributed by atoms with E-state index < -0.39 is 11.9 Å². The Bertz CT molecular complexity index is 637. The molecule has 0 aliphatic heterocycles. The topological polar surface area (TPSA) is 72.5 Å². The smallest absolute Gasteiger partial charge is 0.306 e. The van der Waals surface area contributed by atoms with Crippen LogP contribution in [0.25, 0.3) is 0 Å². The van der Waals surface area contributed by atoms with Gasteiger partial charge in [-0.05, 0) is 23.6 Å². The molecule has 0 spiro atoms. The second-order valence-electron chi connectivity index (χ2n) is 4.48. The molecule has 0 aliphatic carbocycles. The number of amides is 1. The number of thiophene rings is 1. The molecule has 0 saturated carbocycles. The fraction of sp³-hybridized carbons (Fsp3) is 0.188. The molecule has 22 heavy (non-hydrogen) atoms. The second-order valence-corrected chi connectivity index (χ2v) is 5.42. The van der Waals surface area contributed by atoms with Crippen LogP contribution in [-0.2, 0) is 14.3 Å². The highest BCUT2D eigenvalue weighted by atomic mass is 32.1. The first-order valence-electron chi connectivity index (χ1n) is 6.72. The molecule has 0 radical (unpaired) electrons. The fourth-order valence-corrected chi connectivity index (χ4v) is 2.41. The molecule has 114 valence electrons. The van der Waals surface area contributed by atoms with Crippen LogP contribution in [-0.4, -0.2) is 24.3 Å². The molecular formula is C16H15NO4S. The zero-order valence-corrected chi connectivity index (χ0v) is 12.6. The lowest BCUT2D eigenvalue weighted by Gasteiger charge is -2.06. The van der Waals surface area contributed by atoms with E-state index in [0.717, 1.165) is 0 Å². The van der Waals surface area contributed by atoms with E-state index in [9.17, 15) is 14.4 Å². The first kappa shape index (κ1) is 15.9. The van der Waals surface area contributed by atoms with E-state index in [4.69, 9.17) is 4.74 Å². The van der Waals surface area contributed by atoms with Crippen molar-refractivity contribution >= 4 is 34.7 Å². The van der Waals surface area contributed by atoms with Gasteiger partial charge in [-0.25, -0.2) is 0 Å². The van der Waals surface area contributed by atoms with Crippen molar-refractivity contribution in [3.8, 4) is 0 Å². The summed E-state index contributed by atoms with van der Waals surface area (Å²) in [7, 11) is 0. The fourth-order valence-electron chi connectivity index (χ4n) is 1.71. The molecule has 0 saturated heterocycles. The van der Waals surface area contributed by atoms with Crippen LogP contribution in [0.3, 0.4) is 0 Å². The molecule has 1 aromatic heterocycles. The van der Waals surface area contributed by atoms with Gasteiger partial charge in [-0.15, -0.1) is 11.3 Å². The molecule has 0 unspecified atom stereocenters. The van der Waals surface area contributed by atoms with Crippen LogP contribution in [0.4, 0.5) is 5.69 Å². The maximum Gasteiger partial charge on any atom is 0.306 e. The molecule has 1 aromatic carbocycles. The van der Waals surface area contributed by atoms with Crippen LogP contribution in [0.15, 0.2) is 47.8 Å². The molecule has 0 bridgehead atoms.